The van der Waals surface area contributed by atoms with Gasteiger partial charge in [-0.2, -0.15) is 0 Å². The van der Waals surface area contributed by atoms with E-state index in [9.17, 15) is 0 Å². The Morgan fingerprint density at radius 2 is 2.00 bits per heavy atom. The van der Waals surface area contributed by atoms with Gasteiger partial charge in [0.2, 0.25) is 0 Å². The van der Waals surface area contributed by atoms with Gasteiger partial charge in [0.05, 0.1) is 0 Å². The second-order valence-electron chi connectivity index (χ2n) is 3.54. The average Bonchev–Trinajstić information content (AvgIpc) is 2.41. The first-order valence-corrected chi connectivity index (χ1v) is 5.44. The lowest BCUT2D eigenvalue weighted by atomic mass is 10.1. The number of nitrogens with two attached hydrogens (primary N) is 1. The van der Waals surface area contributed by atoms with E-state index in [0.717, 1.165) is 16.7 Å². The van der Waals surface area contributed by atoms with Crippen LogP contribution >= 0.6 is 0 Å². The van der Waals surface area contributed by atoms with Crippen molar-refractivity contribution in [2.45, 2.75) is 6.42 Å². The third-order valence-electron chi connectivity index (χ3n) is 2.24. The van der Waals surface area contributed by atoms with Crippen molar-refractivity contribution in [3.05, 3.63) is 48.5 Å². The highest BCUT2D eigenvalue weighted by Crippen LogP contribution is 2.17. The fourth-order valence-corrected chi connectivity index (χ4v) is 1.44. The van der Waals surface area contributed by atoms with Crippen LogP contribution in [0.1, 0.15) is 12.0 Å². The van der Waals surface area contributed by atoms with Crippen LogP contribution in [-0.4, -0.2) is 16.5 Å². The van der Waals surface area contributed by atoms with Crippen LogP contribution in [0.3, 0.4) is 0 Å². The van der Waals surface area contributed by atoms with Gasteiger partial charge in [-0.05, 0) is 12.1 Å². The molecule has 0 aliphatic rings. The van der Waals surface area contributed by atoms with Gasteiger partial charge in [-0.3, -0.25) is 9.97 Å². The largest absolute Gasteiger partial charge is 0.330 e. The Hall–Kier alpha value is -2.18. The monoisotopic (exact) mass is 223 g/mol. The van der Waals surface area contributed by atoms with Crippen molar-refractivity contribution >= 4 is 0 Å². The Labute approximate surface area is 101 Å². The molecule has 2 N–H and O–H groups in total. The molecule has 0 saturated heterocycles. The van der Waals surface area contributed by atoms with E-state index in [1.165, 1.54) is 0 Å². The molecule has 0 aromatic carbocycles. The Morgan fingerprint density at radius 1 is 1.12 bits per heavy atom. The zero-order valence-corrected chi connectivity index (χ0v) is 9.43. The van der Waals surface area contributed by atoms with Gasteiger partial charge in [0, 0.05) is 54.4 Å². The second-order valence-corrected chi connectivity index (χ2v) is 3.54. The second kappa shape index (κ2) is 5.78. The molecule has 3 heteroatoms. The van der Waals surface area contributed by atoms with Gasteiger partial charge in [-0.25, -0.2) is 0 Å². The molecular formula is C14H13N3. The molecule has 0 radical (unpaired) electrons. The van der Waals surface area contributed by atoms with Gasteiger partial charge in [0.1, 0.15) is 0 Å². The molecule has 0 aliphatic heterocycles. The summed E-state index contributed by atoms with van der Waals surface area (Å²) >= 11 is 0. The van der Waals surface area contributed by atoms with Crippen LogP contribution in [0.2, 0.25) is 0 Å². The fraction of sp³-hybridized carbons (Fsp3) is 0.143. The maximum Gasteiger partial charge on any atom is 0.0434 e. The standard InChI is InChI=1S/C14H13N3/c15-6-2-1-4-12-8-14(11-17-9-12)13-5-3-7-16-10-13/h3,5,7-11H,2,6,15H2. The molecule has 0 fully saturated rings. The molecule has 0 saturated carbocycles. The molecule has 0 unspecified atom stereocenters. The summed E-state index contributed by atoms with van der Waals surface area (Å²) in [4.78, 5) is 8.26. The Morgan fingerprint density at radius 3 is 2.76 bits per heavy atom. The van der Waals surface area contributed by atoms with Crippen LogP contribution in [-0.2, 0) is 0 Å². The Kier molecular flexibility index (Phi) is 3.85. The summed E-state index contributed by atoms with van der Waals surface area (Å²) in [6.07, 6.45) is 7.83. The van der Waals surface area contributed by atoms with Crippen molar-refractivity contribution in [3.8, 4) is 23.0 Å². The summed E-state index contributed by atoms with van der Waals surface area (Å²) in [7, 11) is 0. The molecule has 2 heterocycles. The lowest BCUT2D eigenvalue weighted by molar-refractivity contribution is 1.03. The normalized spacial score (nSPS) is 9.47. The number of pyridine rings is 2. The summed E-state index contributed by atoms with van der Waals surface area (Å²) in [5.74, 6) is 6.04. The van der Waals surface area contributed by atoms with E-state index in [2.05, 4.69) is 21.8 Å². The summed E-state index contributed by atoms with van der Waals surface area (Å²) < 4.78 is 0. The van der Waals surface area contributed by atoms with Crippen LogP contribution in [0.5, 0.6) is 0 Å². The summed E-state index contributed by atoms with van der Waals surface area (Å²) in [5.41, 5.74) is 8.36. The minimum Gasteiger partial charge on any atom is -0.330 e. The molecule has 0 spiro atoms. The molecule has 3 nitrogen and oxygen atoms in total. The number of hydrogen-bond donors (Lipinski definition) is 1. The van der Waals surface area contributed by atoms with Crippen LogP contribution in [0.15, 0.2) is 43.0 Å². The maximum atomic E-state index is 5.39. The first-order valence-electron chi connectivity index (χ1n) is 5.44. The first-order chi connectivity index (χ1) is 8.40. The minimum absolute atomic E-state index is 0.586. The van der Waals surface area contributed by atoms with Gasteiger partial charge in [0.15, 0.2) is 0 Å². The SMILES string of the molecule is NCCC#Cc1cncc(-c2cccnc2)c1. The van der Waals surface area contributed by atoms with E-state index in [1.807, 2.05) is 30.6 Å². The highest BCUT2D eigenvalue weighted by molar-refractivity contribution is 5.62. The lowest BCUT2D eigenvalue weighted by Crippen LogP contribution is -1.95. The number of rotatable bonds is 2. The highest BCUT2D eigenvalue weighted by atomic mass is 14.6. The Balaban J connectivity index is 2.27. The molecule has 17 heavy (non-hydrogen) atoms. The third kappa shape index (κ3) is 3.13. The topological polar surface area (TPSA) is 51.8 Å². The lowest BCUT2D eigenvalue weighted by Gasteiger charge is -2.00. The van der Waals surface area contributed by atoms with Gasteiger partial charge >= 0.3 is 0 Å². The van der Waals surface area contributed by atoms with Crippen molar-refractivity contribution in [2.24, 2.45) is 5.73 Å². The van der Waals surface area contributed by atoms with E-state index in [4.69, 9.17) is 5.73 Å². The molecule has 84 valence electrons. The molecule has 0 aliphatic carbocycles. The zero-order chi connectivity index (χ0) is 11.9. The third-order valence-corrected chi connectivity index (χ3v) is 2.24. The minimum atomic E-state index is 0.586. The van der Waals surface area contributed by atoms with Crippen molar-refractivity contribution in [3.63, 3.8) is 0 Å². The molecule has 2 aromatic heterocycles. The molecular weight excluding hydrogens is 210 g/mol. The zero-order valence-electron chi connectivity index (χ0n) is 9.43. The molecule has 0 amide bonds. The van der Waals surface area contributed by atoms with E-state index in [0.29, 0.717) is 13.0 Å². The van der Waals surface area contributed by atoms with Crippen molar-refractivity contribution in [2.75, 3.05) is 6.54 Å². The molecule has 0 bridgehead atoms. The van der Waals surface area contributed by atoms with Gasteiger partial charge in [0.25, 0.3) is 0 Å². The summed E-state index contributed by atoms with van der Waals surface area (Å²) in [5, 5.41) is 0. The Bertz CT molecular complexity index is 538. The van der Waals surface area contributed by atoms with Crippen LogP contribution in [0, 0.1) is 11.8 Å². The van der Waals surface area contributed by atoms with E-state index >= 15 is 0 Å². The molecule has 2 rings (SSSR count). The van der Waals surface area contributed by atoms with E-state index < -0.39 is 0 Å². The highest BCUT2D eigenvalue weighted by Gasteiger charge is 1.98. The van der Waals surface area contributed by atoms with Crippen molar-refractivity contribution < 1.29 is 0 Å². The fourth-order valence-electron chi connectivity index (χ4n) is 1.44. The van der Waals surface area contributed by atoms with E-state index in [-0.39, 0.29) is 0 Å². The first kappa shape index (κ1) is 11.3. The van der Waals surface area contributed by atoms with Crippen molar-refractivity contribution in [1.82, 2.24) is 9.97 Å². The summed E-state index contributed by atoms with van der Waals surface area (Å²) in [6, 6.07) is 5.91. The number of hydrogen-bond acceptors (Lipinski definition) is 3. The average molecular weight is 223 g/mol. The van der Waals surface area contributed by atoms with Crippen LogP contribution in [0.25, 0.3) is 11.1 Å². The predicted octanol–water partition coefficient (Wildman–Crippen LogP) is 1.84. The van der Waals surface area contributed by atoms with Crippen LogP contribution in [0.4, 0.5) is 0 Å². The molecule has 2 aromatic rings. The number of nitrogens with zero attached hydrogens (tertiary/aromatic N) is 2. The quantitative estimate of drug-likeness (QED) is 0.790. The summed E-state index contributed by atoms with van der Waals surface area (Å²) in [6.45, 7) is 0.586. The van der Waals surface area contributed by atoms with Gasteiger partial charge < -0.3 is 5.73 Å². The van der Waals surface area contributed by atoms with Crippen LogP contribution < -0.4 is 5.73 Å². The van der Waals surface area contributed by atoms with Crippen molar-refractivity contribution in [1.29, 1.82) is 0 Å². The smallest absolute Gasteiger partial charge is 0.0434 e. The van der Waals surface area contributed by atoms with Gasteiger partial charge in [-0.1, -0.05) is 17.9 Å². The van der Waals surface area contributed by atoms with E-state index in [1.54, 1.807) is 12.4 Å². The van der Waals surface area contributed by atoms with Gasteiger partial charge in [-0.15, -0.1) is 0 Å². The molecule has 0 atom stereocenters. The predicted molar refractivity (Wildman–Crippen MR) is 68.0 cm³/mol. The maximum absolute atomic E-state index is 5.39. The number of aromatic nitrogens is 2.